The second kappa shape index (κ2) is 9.65. The van der Waals surface area contributed by atoms with E-state index in [-0.39, 0.29) is 5.56 Å². The Balaban J connectivity index is 1.52. The zero-order valence-corrected chi connectivity index (χ0v) is 19.3. The monoisotopic (exact) mass is 456 g/mol. The number of nitrogens with zero attached hydrogens (tertiary/aromatic N) is 4. The lowest BCUT2D eigenvalue weighted by Crippen LogP contribution is -2.23. The van der Waals surface area contributed by atoms with Crippen LogP contribution in [0.5, 0.6) is 5.75 Å². The van der Waals surface area contributed by atoms with E-state index in [0.717, 1.165) is 23.3 Å². The van der Waals surface area contributed by atoms with Gasteiger partial charge < -0.3 is 9.26 Å². The smallest absolute Gasteiger partial charge is 0.272 e. The summed E-state index contributed by atoms with van der Waals surface area (Å²) in [6.07, 6.45) is 0.911. The molecule has 9 heteroatoms. The van der Waals surface area contributed by atoms with Gasteiger partial charge in [0.25, 0.3) is 5.56 Å². The van der Waals surface area contributed by atoms with Crippen LogP contribution >= 0.6 is 23.1 Å². The number of aromatic nitrogens is 4. The molecule has 0 bridgehead atoms. The van der Waals surface area contributed by atoms with Gasteiger partial charge in [-0.3, -0.25) is 9.36 Å². The maximum absolute atomic E-state index is 13.0. The van der Waals surface area contributed by atoms with Crippen LogP contribution < -0.4 is 10.3 Å². The van der Waals surface area contributed by atoms with Gasteiger partial charge in [-0.05, 0) is 55.0 Å². The van der Waals surface area contributed by atoms with Crippen molar-refractivity contribution in [3.8, 4) is 17.1 Å². The third-order valence-electron chi connectivity index (χ3n) is 4.68. The maximum atomic E-state index is 13.0. The summed E-state index contributed by atoms with van der Waals surface area (Å²) in [5.74, 6) is 2.76. The van der Waals surface area contributed by atoms with Crippen LogP contribution in [-0.4, -0.2) is 26.3 Å². The van der Waals surface area contributed by atoms with Gasteiger partial charge >= 0.3 is 0 Å². The fourth-order valence-electron chi connectivity index (χ4n) is 3.04. The average molecular weight is 457 g/mol. The van der Waals surface area contributed by atoms with E-state index in [1.807, 2.05) is 42.6 Å². The van der Waals surface area contributed by atoms with Gasteiger partial charge in [0.2, 0.25) is 11.7 Å². The Morgan fingerprint density at radius 2 is 2.00 bits per heavy atom. The van der Waals surface area contributed by atoms with Gasteiger partial charge in [-0.2, -0.15) is 4.98 Å². The van der Waals surface area contributed by atoms with Gasteiger partial charge in [-0.1, -0.05) is 30.8 Å². The lowest BCUT2D eigenvalue weighted by Gasteiger charge is -2.12. The largest absolute Gasteiger partial charge is 0.494 e. The Labute approximate surface area is 188 Å². The lowest BCUT2D eigenvalue weighted by atomic mass is 10.1. The Morgan fingerprint density at radius 3 is 2.74 bits per heavy atom. The highest BCUT2D eigenvalue weighted by atomic mass is 32.2. The molecule has 4 aromatic rings. The number of ether oxygens (including phenoxy) is 1. The maximum Gasteiger partial charge on any atom is 0.272 e. The zero-order chi connectivity index (χ0) is 21.8. The van der Waals surface area contributed by atoms with Gasteiger partial charge in [0, 0.05) is 12.1 Å². The van der Waals surface area contributed by atoms with E-state index in [1.165, 1.54) is 23.1 Å². The summed E-state index contributed by atoms with van der Waals surface area (Å²) in [5.41, 5.74) is 1.61. The van der Waals surface area contributed by atoms with Crippen molar-refractivity contribution in [3.05, 3.63) is 52.0 Å². The van der Waals surface area contributed by atoms with Crippen molar-refractivity contribution in [2.75, 3.05) is 6.61 Å². The quantitative estimate of drug-likeness (QED) is 0.251. The molecule has 162 valence electrons. The fraction of sp³-hybridized carbons (Fsp3) is 0.364. The number of hydrogen-bond acceptors (Lipinski definition) is 8. The number of thiophene rings is 1. The Bertz CT molecular complexity index is 1210. The third kappa shape index (κ3) is 4.99. The summed E-state index contributed by atoms with van der Waals surface area (Å²) in [4.78, 5) is 22.2. The van der Waals surface area contributed by atoms with Crippen LogP contribution in [0.3, 0.4) is 0 Å². The molecule has 0 spiro atoms. The lowest BCUT2D eigenvalue weighted by molar-refractivity contribution is 0.340. The second-order valence-corrected chi connectivity index (χ2v) is 9.29. The molecule has 0 aliphatic rings. The first-order valence-electron chi connectivity index (χ1n) is 10.2. The average Bonchev–Trinajstić information content (AvgIpc) is 3.42. The minimum Gasteiger partial charge on any atom is -0.494 e. The van der Waals surface area contributed by atoms with Crippen molar-refractivity contribution < 1.29 is 9.26 Å². The van der Waals surface area contributed by atoms with E-state index in [1.54, 1.807) is 4.57 Å². The second-order valence-electron chi connectivity index (χ2n) is 7.43. The van der Waals surface area contributed by atoms with Gasteiger partial charge in [0.05, 0.1) is 17.9 Å². The summed E-state index contributed by atoms with van der Waals surface area (Å²) >= 11 is 2.88. The first kappa shape index (κ1) is 21.6. The summed E-state index contributed by atoms with van der Waals surface area (Å²) in [6, 6.07) is 9.47. The minimum absolute atomic E-state index is 0.0174. The zero-order valence-electron chi connectivity index (χ0n) is 17.7. The molecule has 0 fully saturated rings. The molecule has 31 heavy (non-hydrogen) atoms. The molecule has 0 N–H and O–H groups in total. The van der Waals surface area contributed by atoms with Crippen LogP contribution in [0.15, 0.2) is 50.2 Å². The van der Waals surface area contributed by atoms with Crippen molar-refractivity contribution in [3.63, 3.8) is 0 Å². The predicted molar refractivity (Wildman–Crippen MR) is 124 cm³/mol. The van der Waals surface area contributed by atoms with Crippen LogP contribution in [0.25, 0.3) is 21.6 Å². The number of fused-ring (bicyclic) bond motifs is 1. The highest BCUT2D eigenvalue weighted by Gasteiger charge is 2.15. The molecule has 7 nitrogen and oxygen atoms in total. The topological polar surface area (TPSA) is 83.0 Å². The Morgan fingerprint density at radius 1 is 1.19 bits per heavy atom. The van der Waals surface area contributed by atoms with Crippen LogP contribution in [0, 0.1) is 5.92 Å². The minimum atomic E-state index is 0.0174. The fourth-order valence-corrected chi connectivity index (χ4v) is 4.68. The van der Waals surface area contributed by atoms with Gasteiger partial charge in [-0.25, -0.2) is 4.98 Å². The van der Waals surface area contributed by atoms with Crippen molar-refractivity contribution in [2.24, 2.45) is 5.92 Å². The molecule has 0 radical (unpaired) electrons. The number of rotatable bonds is 9. The molecular formula is C22H24N4O3S2. The molecule has 4 rings (SSSR count). The molecular weight excluding hydrogens is 432 g/mol. The summed E-state index contributed by atoms with van der Waals surface area (Å²) in [6.45, 7) is 7.51. The van der Waals surface area contributed by atoms with Crippen molar-refractivity contribution in [2.45, 2.75) is 44.6 Å². The van der Waals surface area contributed by atoms with Crippen LogP contribution in [-0.2, 0) is 12.3 Å². The van der Waals surface area contributed by atoms with Gasteiger partial charge in [0.1, 0.15) is 10.4 Å². The molecule has 0 aliphatic carbocycles. The molecule has 3 aromatic heterocycles. The number of hydrogen-bond donors (Lipinski definition) is 0. The van der Waals surface area contributed by atoms with Crippen molar-refractivity contribution in [1.29, 1.82) is 0 Å². The molecule has 1 aromatic carbocycles. The molecule has 0 aliphatic heterocycles. The summed E-state index contributed by atoms with van der Waals surface area (Å²) in [5, 5.41) is 6.67. The third-order valence-corrected chi connectivity index (χ3v) is 6.53. The molecule has 0 unspecified atom stereocenters. The molecule has 0 saturated heterocycles. The van der Waals surface area contributed by atoms with Crippen molar-refractivity contribution >= 4 is 33.3 Å². The molecule has 0 amide bonds. The predicted octanol–water partition coefficient (Wildman–Crippen LogP) is 5.25. The van der Waals surface area contributed by atoms with Gasteiger partial charge in [0.15, 0.2) is 5.16 Å². The molecule has 3 heterocycles. The summed E-state index contributed by atoms with van der Waals surface area (Å²) in [7, 11) is 0. The SMILES string of the molecule is CCOc1ccc(-c2noc(CSc3nc4ccsc4c(=O)n3CCC(C)C)n2)cc1. The van der Waals surface area contributed by atoms with Gasteiger partial charge in [-0.15, -0.1) is 11.3 Å². The highest BCUT2D eigenvalue weighted by molar-refractivity contribution is 7.98. The number of benzene rings is 1. The van der Waals surface area contributed by atoms with E-state index < -0.39 is 0 Å². The van der Waals surface area contributed by atoms with E-state index >= 15 is 0 Å². The number of thioether (sulfide) groups is 1. The van der Waals surface area contributed by atoms with Crippen molar-refractivity contribution in [1.82, 2.24) is 19.7 Å². The first-order valence-corrected chi connectivity index (χ1v) is 12.1. The van der Waals surface area contributed by atoms with E-state index in [9.17, 15) is 4.79 Å². The molecule has 0 saturated carbocycles. The Hall–Kier alpha value is -2.65. The normalized spacial score (nSPS) is 11.5. The van der Waals surface area contributed by atoms with Crippen LogP contribution in [0.4, 0.5) is 0 Å². The van der Waals surface area contributed by atoms with E-state index in [0.29, 0.717) is 46.4 Å². The van der Waals surface area contributed by atoms with Crippen LogP contribution in [0.2, 0.25) is 0 Å². The van der Waals surface area contributed by atoms with Crippen LogP contribution in [0.1, 0.15) is 33.1 Å². The summed E-state index contributed by atoms with van der Waals surface area (Å²) < 4.78 is 13.4. The van der Waals surface area contributed by atoms with E-state index in [2.05, 4.69) is 24.0 Å². The highest BCUT2D eigenvalue weighted by Crippen LogP contribution is 2.26. The van der Waals surface area contributed by atoms with E-state index in [4.69, 9.17) is 14.2 Å². The Kier molecular flexibility index (Phi) is 6.72. The molecule has 0 atom stereocenters. The standard InChI is InChI=1S/C22H24N4O3S2/c1-4-28-16-7-5-15(6-8-16)20-24-18(29-25-20)13-31-22-23-17-10-12-30-19(17)21(27)26(22)11-9-14(2)3/h5-8,10,12,14H,4,9,11,13H2,1-3H3. The first-order chi connectivity index (χ1) is 15.0.